The highest BCUT2D eigenvalue weighted by Gasteiger charge is 2.23. The standard InChI is InChI=1S/C14H20N2O2/c17-10-12(9-11-5-2-1-3-6-11)16-14(18)13-7-4-8-15-13/h1-3,5-6,12-13,15,17H,4,7-10H2,(H,16,18)/t12-,13+/m1/s1. The minimum atomic E-state index is -0.206. The number of amides is 1. The van der Waals surface area contributed by atoms with Gasteiger partial charge in [-0.15, -0.1) is 0 Å². The van der Waals surface area contributed by atoms with Crippen molar-refractivity contribution in [3.8, 4) is 0 Å². The summed E-state index contributed by atoms with van der Waals surface area (Å²) in [6.07, 6.45) is 2.59. The minimum Gasteiger partial charge on any atom is -0.394 e. The molecule has 98 valence electrons. The Kier molecular flexibility index (Phi) is 4.73. The van der Waals surface area contributed by atoms with Crippen molar-refractivity contribution in [1.29, 1.82) is 0 Å². The fraction of sp³-hybridized carbons (Fsp3) is 0.500. The number of rotatable bonds is 5. The molecule has 1 saturated heterocycles. The Labute approximate surface area is 107 Å². The van der Waals surface area contributed by atoms with Gasteiger partial charge in [-0.1, -0.05) is 30.3 Å². The van der Waals surface area contributed by atoms with E-state index >= 15 is 0 Å². The summed E-state index contributed by atoms with van der Waals surface area (Å²) < 4.78 is 0. The maximum atomic E-state index is 11.9. The average molecular weight is 248 g/mol. The quantitative estimate of drug-likeness (QED) is 0.709. The zero-order valence-corrected chi connectivity index (χ0v) is 10.4. The molecule has 1 aromatic rings. The molecule has 1 amide bonds. The van der Waals surface area contributed by atoms with Crippen molar-refractivity contribution < 1.29 is 9.90 Å². The van der Waals surface area contributed by atoms with E-state index in [1.165, 1.54) is 0 Å². The topological polar surface area (TPSA) is 61.4 Å². The molecule has 1 aliphatic rings. The van der Waals surface area contributed by atoms with Crippen molar-refractivity contribution in [1.82, 2.24) is 10.6 Å². The number of aliphatic hydroxyl groups is 1. The van der Waals surface area contributed by atoms with Crippen molar-refractivity contribution in [3.63, 3.8) is 0 Å². The zero-order chi connectivity index (χ0) is 12.8. The second kappa shape index (κ2) is 6.52. The van der Waals surface area contributed by atoms with E-state index in [0.29, 0.717) is 6.42 Å². The van der Waals surface area contributed by atoms with Gasteiger partial charge in [0.05, 0.1) is 18.7 Å². The Bertz CT molecular complexity index is 375. The lowest BCUT2D eigenvalue weighted by Crippen LogP contribution is -2.47. The van der Waals surface area contributed by atoms with Crippen LogP contribution < -0.4 is 10.6 Å². The maximum absolute atomic E-state index is 11.9. The van der Waals surface area contributed by atoms with Crippen LogP contribution in [0.3, 0.4) is 0 Å². The second-order valence-electron chi connectivity index (χ2n) is 4.73. The van der Waals surface area contributed by atoms with Crippen molar-refractivity contribution in [2.75, 3.05) is 13.2 Å². The summed E-state index contributed by atoms with van der Waals surface area (Å²) >= 11 is 0. The van der Waals surface area contributed by atoms with Gasteiger partial charge in [-0.2, -0.15) is 0 Å². The third-order valence-electron chi connectivity index (χ3n) is 3.27. The first-order valence-corrected chi connectivity index (χ1v) is 6.48. The fourth-order valence-electron chi connectivity index (χ4n) is 2.27. The molecule has 3 N–H and O–H groups in total. The molecule has 4 nitrogen and oxygen atoms in total. The van der Waals surface area contributed by atoms with Gasteiger partial charge in [-0.3, -0.25) is 4.79 Å². The first kappa shape index (κ1) is 13.1. The minimum absolute atomic E-state index is 0.00230. The molecule has 0 radical (unpaired) electrons. The third kappa shape index (κ3) is 3.55. The lowest BCUT2D eigenvalue weighted by molar-refractivity contribution is -0.123. The van der Waals surface area contributed by atoms with E-state index in [2.05, 4.69) is 10.6 Å². The van der Waals surface area contributed by atoms with E-state index in [1.54, 1.807) is 0 Å². The Morgan fingerprint density at radius 2 is 2.22 bits per heavy atom. The molecule has 0 spiro atoms. The van der Waals surface area contributed by atoms with Crippen LogP contribution in [-0.2, 0) is 11.2 Å². The van der Waals surface area contributed by atoms with Crippen LogP contribution in [0, 0.1) is 0 Å². The van der Waals surface area contributed by atoms with Crippen LogP contribution in [0.25, 0.3) is 0 Å². The predicted octanol–water partition coefficient (Wildman–Crippen LogP) is 0.458. The zero-order valence-electron chi connectivity index (χ0n) is 10.4. The largest absolute Gasteiger partial charge is 0.394 e. The number of aliphatic hydroxyl groups excluding tert-OH is 1. The molecule has 18 heavy (non-hydrogen) atoms. The Morgan fingerprint density at radius 3 is 2.83 bits per heavy atom. The summed E-state index contributed by atoms with van der Waals surface area (Å²) in [6, 6.07) is 9.59. The van der Waals surface area contributed by atoms with Crippen LogP contribution in [0.15, 0.2) is 30.3 Å². The number of hydrogen-bond acceptors (Lipinski definition) is 3. The number of carbonyl (C=O) groups excluding carboxylic acids is 1. The fourth-order valence-corrected chi connectivity index (χ4v) is 2.27. The van der Waals surface area contributed by atoms with Gasteiger partial charge in [0, 0.05) is 0 Å². The molecule has 0 bridgehead atoms. The number of hydrogen-bond donors (Lipinski definition) is 3. The van der Waals surface area contributed by atoms with E-state index in [1.807, 2.05) is 30.3 Å². The molecule has 1 aromatic carbocycles. The van der Waals surface area contributed by atoms with E-state index in [0.717, 1.165) is 24.9 Å². The average Bonchev–Trinajstić information content (AvgIpc) is 2.93. The van der Waals surface area contributed by atoms with E-state index in [9.17, 15) is 9.90 Å². The van der Waals surface area contributed by atoms with Gasteiger partial charge >= 0.3 is 0 Å². The van der Waals surface area contributed by atoms with Crippen molar-refractivity contribution in [2.24, 2.45) is 0 Å². The highest BCUT2D eigenvalue weighted by atomic mass is 16.3. The molecule has 1 heterocycles. The van der Waals surface area contributed by atoms with Gasteiger partial charge < -0.3 is 15.7 Å². The molecule has 2 atom stereocenters. The Balaban J connectivity index is 1.87. The van der Waals surface area contributed by atoms with Crippen molar-refractivity contribution in [3.05, 3.63) is 35.9 Å². The van der Waals surface area contributed by atoms with Gasteiger partial charge in [0.15, 0.2) is 0 Å². The molecular weight excluding hydrogens is 228 g/mol. The molecule has 0 aromatic heterocycles. The van der Waals surface area contributed by atoms with Gasteiger partial charge in [0.25, 0.3) is 0 Å². The summed E-state index contributed by atoms with van der Waals surface area (Å²) in [5, 5.41) is 15.4. The lowest BCUT2D eigenvalue weighted by atomic mass is 10.1. The van der Waals surface area contributed by atoms with Crippen molar-refractivity contribution >= 4 is 5.91 Å². The lowest BCUT2D eigenvalue weighted by Gasteiger charge is -2.19. The van der Waals surface area contributed by atoms with Crippen LogP contribution in [0.2, 0.25) is 0 Å². The van der Waals surface area contributed by atoms with E-state index < -0.39 is 0 Å². The first-order chi connectivity index (χ1) is 8.79. The summed E-state index contributed by atoms with van der Waals surface area (Å²) in [5.74, 6) is 0.00230. The van der Waals surface area contributed by atoms with Gasteiger partial charge in [-0.05, 0) is 31.4 Å². The molecular formula is C14H20N2O2. The van der Waals surface area contributed by atoms with E-state index in [4.69, 9.17) is 0 Å². The van der Waals surface area contributed by atoms with E-state index in [-0.39, 0.29) is 24.6 Å². The number of benzene rings is 1. The Morgan fingerprint density at radius 1 is 1.44 bits per heavy atom. The van der Waals surface area contributed by atoms with Gasteiger partial charge in [0.1, 0.15) is 0 Å². The summed E-state index contributed by atoms with van der Waals surface area (Å²) in [5.41, 5.74) is 1.12. The molecule has 1 fully saturated rings. The number of nitrogens with one attached hydrogen (secondary N) is 2. The predicted molar refractivity (Wildman–Crippen MR) is 70.2 cm³/mol. The number of carbonyl (C=O) groups is 1. The molecule has 0 aliphatic carbocycles. The van der Waals surface area contributed by atoms with Crippen molar-refractivity contribution in [2.45, 2.75) is 31.3 Å². The first-order valence-electron chi connectivity index (χ1n) is 6.48. The normalized spacial score (nSPS) is 20.6. The monoisotopic (exact) mass is 248 g/mol. The van der Waals surface area contributed by atoms with Gasteiger partial charge in [-0.25, -0.2) is 0 Å². The smallest absolute Gasteiger partial charge is 0.237 e. The highest BCUT2D eigenvalue weighted by Crippen LogP contribution is 2.07. The highest BCUT2D eigenvalue weighted by molar-refractivity contribution is 5.82. The molecule has 1 aliphatic heterocycles. The van der Waals surface area contributed by atoms with Crippen LogP contribution in [-0.4, -0.2) is 36.2 Å². The SMILES string of the molecule is O=C(N[C@@H](CO)Cc1ccccc1)[C@@H]1CCCN1. The summed E-state index contributed by atoms with van der Waals surface area (Å²) in [4.78, 5) is 11.9. The molecule has 0 unspecified atom stereocenters. The van der Waals surface area contributed by atoms with Crippen LogP contribution >= 0.6 is 0 Å². The molecule has 0 saturated carbocycles. The third-order valence-corrected chi connectivity index (χ3v) is 3.27. The molecule has 4 heteroatoms. The maximum Gasteiger partial charge on any atom is 0.237 e. The molecule has 2 rings (SSSR count). The van der Waals surface area contributed by atoms with Crippen LogP contribution in [0.1, 0.15) is 18.4 Å². The van der Waals surface area contributed by atoms with Crippen LogP contribution in [0.4, 0.5) is 0 Å². The Hall–Kier alpha value is -1.39. The van der Waals surface area contributed by atoms with Crippen LogP contribution in [0.5, 0.6) is 0 Å². The second-order valence-corrected chi connectivity index (χ2v) is 4.73. The summed E-state index contributed by atoms with van der Waals surface area (Å²) in [6.45, 7) is 0.869. The summed E-state index contributed by atoms with van der Waals surface area (Å²) in [7, 11) is 0. The van der Waals surface area contributed by atoms with Gasteiger partial charge in [0.2, 0.25) is 5.91 Å².